The van der Waals surface area contributed by atoms with E-state index in [-0.39, 0.29) is 5.91 Å². The zero-order valence-electron chi connectivity index (χ0n) is 16.4. The van der Waals surface area contributed by atoms with Crippen molar-refractivity contribution >= 4 is 22.8 Å². The van der Waals surface area contributed by atoms with E-state index >= 15 is 0 Å². The van der Waals surface area contributed by atoms with Gasteiger partial charge in [0.15, 0.2) is 5.82 Å². The number of rotatable bonds is 5. The van der Waals surface area contributed by atoms with Gasteiger partial charge in [-0.15, -0.1) is 0 Å². The topological polar surface area (TPSA) is 115 Å². The standard InChI is InChI=1S/C20H19N5O4/c1-10-7-14(18-11(2)25-29-20(18)21-10)19(26)22-17-9-15(23-24-17)13-6-5-12(27-3)8-16(13)28-4/h5-9H,1-4H3,(H2,22,23,24,26). The number of nitrogens with zero attached hydrogens (tertiary/aromatic N) is 3. The monoisotopic (exact) mass is 393 g/mol. The first-order valence-electron chi connectivity index (χ1n) is 8.83. The van der Waals surface area contributed by atoms with Crippen LogP contribution < -0.4 is 14.8 Å². The Hall–Kier alpha value is -3.88. The Morgan fingerprint density at radius 3 is 2.72 bits per heavy atom. The maximum atomic E-state index is 12.9. The first kappa shape index (κ1) is 18.5. The molecule has 0 saturated heterocycles. The predicted molar refractivity (Wildman–Crippen MR) is 106 cm³/mol. The molecule has 9 nitrogen and oxygen atoms in total. The van der Waals surface area contributed by atoms with E-state index in [0.717, 1.165) is 5.56 Å². The predicted octanol–water partition coefficient (Wildman–Crippen LogP) is 3.50. The number of pyridine rings is 1. The molecule has 3 heterocycles. The summed E-state index contributed by atoms with van der Waals surface area (Å²) in [5.74, 6) is 1.35. The molecule has 148 valence electrons. The normalized spacial score (nSPS) is 10.9. The molecular weight excluding hydrogens is 374 g/mol. The number of nitrogens with one attached hydrogen (secondary N) is 2. The van der Waals surface area contributed by atoms with Crippen molar-refractivity contribution in [3.05, 3.63) is 47.3 Å². The number of carbonyl (C=O) groups is 1. The number of H-pyrrole nitrogens is 1. The third-order valence-electron chi connectivity index (χ3n) is 4.51. The molecule has 0 atom stereocenters. The number of hydrogen-bond donors (Lipinski definition) is 2. The number of aromatic amines is 1. The molecule has 0 bridgehead atoms. The molecule has 0 spiro atoms. The van der Waals surface area contributed by atoms with Crippen molar-refractivity contribution in [3.63, 3.8) is 0 Å². The summed E-state index contributed by atoms with van der Waals surface area (Å²) in [5, 5.41) is 14.4. The van der Waals surface area contributed by atoms with Gasteiger partial charge in [-0.05, 0) is 32.0 Å². The number of fused-ring (bicyclic) bond motifs is 1. The van der Waals surface area contributed by atoms with Crippen LogP contribution in [0.25, 0.3) is 22.4 Å². The number of carbonyl (C=O) groups excluding carboxylic acids is 1. The molecule has 3 aromatic heterocycles. The van der Waals surface area contributed by atoms with Gasteiger partial charge in [-0.25, -0.2) is 4.98 Å². The maximum absolute atomic E-state index is 12.9. The highest BCUT2D eigenvalue weighted by atomic mass is 16.5. The van der Waals surface area contributed by atoms with Crippen molar-refractivity contribution in [1.29, 1.82) is 0 Å². The van der Waals surface area contributed by atoms with E-state index in [1.807, 2.05) is 12.1 Å². The van der Waals surface area contributed by atoms with Crippen molar-refractivity contribution in [3.8, 4) is 22.8 Å². The van der Waals surface area contributed by atoms with Crippen molar-refractivity contribution in [2.75, 3.05) is 19.5 Å². The van der Waals surface area contributed by atoms with Crippen molar-refractivity contribution < 1.29 is 18.8 Å². The zero-order valence-corrected chi connectivity index (χ0v) is 16.4. The Morgan fingerprint density at radius 1 is 1.14 bits per heavy atom. The molecule has 0 fully saturated rings. The summed E-state index contributed by atoms with van der Waals surface area (Å²) in [4.78, 5) is 17.1. The van der Waals surface area contributed by atoms with Crippen LogP contribution in [0.5, 0.6) is 11.5 Å². The number of aromatic nitrogens is 4. The van der Waals surface area contributed by atoms with Gasteiger partial charge < -0.3 is 19.3 Å². The van der Waals surface area contributed by atoms with Gasteiger partial charge in [0.1, 0.15) is 11.5 Å². The molecule has 2 N–H and O–H groups in total. The highest BCUT2D eigenvalue weighted by Gasteiger charge is 2.19. The van der Waals surface area contributed by atoms with Crippen LogP contribution in [0.1, 0.15) is 21.7 Å². The average molecular weight is 393 g/mol. The van der Waals surface area contributed by atoms with Crippen LogP contribution in [-0.2, 0) is 0 Å². The van der Waals surface area contributed by atoms with E-state index in [0.29, 0.717) is 51.1 Å². The smallest absolute Gasteiger partial charge is 0.258 e. The van der Waals surface area contributed by atoms with Crippen LogP contribution in [0.2, 0.25) is 0 Å². The lowest BCUT2D eigenvalue weighted by Gasteiger charge is -2.08. The quantitative estimate of drug-likeness (QED) is 0.533. The van der Waals surface area contributed by atoms with Crippen LogP contribution in [0.15, 0.2) is 34.9 Å². The fourth-order valence-electron chi connectivity index (χ4n) is 3.13. The summed E-state index contributed by atoms with van der Waals surface area (Å²) in [5.41, 5.74) is 3.50. The van der Waals surface area contributed by atoms with Crippen LogP contribution in [0.4, 0.5) is 5.82 Å². The largest absolute Gasteiger partial charge is 0.497 e. The number of benzene rings is 1. The minimum atomic E-state index is -0.327. The summed E-state index contributed by atoms with van der Waals surface area (Å²) >= 11 is 0. The van der Waals surface area contributed by atoms with E-state index in [2.05, 4.69) is 25.7 Å². The second-order valence-electron chi connectivity index (χ2n) is 6.45. The maximum Gasteiger partial charge on any atom is 0.258 e. The molecule has 1 aromatic carbocycles. The van der Waals surface area contributed by atoms with Gasteiger partial charge in [-0.3, -0.25) is 9.89 Å². The lowest BCUT2D eigenvalue weighted by Crippen LogP contribution is -2.13. The number of amides is 1. The lowest BCUT2D eigenvalue weighted by atomic mass is 10.1. The highest BCUT2D eigenvalue weighted by Crippen LogP contribution is 2.33. The van der Waals surface area contributed by atoms with Gasteiger partial charge in [0, 0.05) is 23.4 Å². The minimum Gasteiger partial charge on any atom is -0.497 e. The molecule has 0 unspecified atom stereocenters. The van der Waals surface area contributed by atoms with Crippen molar-refractivity contribution in [2.24, 2.45) is 0 Å². The van der Waals surface area contributed by atoms with Gasteiger partial charge in [0.05, 0.1) is 36.6 Å². The van der Waals surface area contributed by atoms with Crippen LogP contribution in [0, 0.1) is 13.8 Å². The first-order valence-corrected chi connectivity index (χ1v) is 8.83. The molecule has 29 heavy (non-hydrogen) atoms. The van der Waals surface area contributed by atoms with Crippen LogP contribution in [-0.4, -0.2) is 40.5 Å². The van der Waals surface area contributed by atoms with Crippen molar-refractivity contribution in [1.82, 2.24) is 20.3 Å². The van der Waals surface area contributed by atoms with Gasteiger partial charge in [-0.2, -0.15) is 5.10 Å². The van der Waals surface area contributed by atoms with E-state index in [1.165, 1.54) is 0 Å². The number of hydrogen-bond acceptors (Lipinski definition) is 7. The summed E-state index contributed by atoms with van der Waals surface area (Å²) < 4.78 is 15.8. The second kappa shape index (κ2) is 7.27. The number of anilines is 1. The molecule has 4 rings (SSSR count). The molecule has 1 amide bonds. The number of aryl methyl sites for hydroxylation is 2. The van der Waals surface area contributed by atoms with Gasteiger partial charge in [-0.1, -0.05) is 5.16 Å². The van der Waals surface area contributed by atoms with E-state index < -0.39 is 0 Å². The van der Waals surface area contributed by atoms with Gasteiger partial charge >= 0.3 is 0 Å². The Kier molecular flexibility index (Phi) is 4.63. The Bertz CT molecular complexity index is 1210. The summed E-state index contributed by atoms with van der Waals surface area (Å²) in [6, 6.07) is 8.88. The lowest BCUT2D eigenvalue weighted by molar-refractivity contribution is 0.102. The van der Waals surface area contributed by atoms with E-state index in [9.17, 15) is 4.79 Å². The number of methoxy groups -OCH3 is 2. The van der Waals surface area contributed by atoms with E-state index in [1.54, 1.807) is 46.3 Å². The van der Waals surface area contributed by atoms with Gasteiger partial charge in [0.2, 0.25) is 0 Å². The van der Waals surface area contributed by atoms with Gasteiger partial charge in [0.25, 0.3) is 11.6 Å². The highest BCUT2D eigenvalue weighted by molar-refractivity contribution is 6.12. The van der Waals surface area contributed by atoms with Crippen molar-refractivity contribution in [2.45, 2.75) is 13.8 Å². The minimum absolute atomic E-state index is 0.327. The van der Waals surface area contributed by atoms with Crippen LogP contribution in [0.3, 0.4) is 0 Å². The molecule has 0 aliphatic carbocycles. The molecule has 4 aromatic rings. The van der Waals surface area contributed by atoms with Crippen LogP contribution >= 0.6 is 0 Å². The zero-order chi connectivity index (χ0) is 20.5. The second-order valence-corrected chi connectivity index (χ2v) is 6.45. The summed E-state index contributed by atoms with van der Waals surface area (Å²) in [6.45, 7) is 3.55. The number of ether oxygens (including phenoxy) is 2. The fraction of sp³-hybridized carbons (Fsp3) is 0.200. The third-order valence-corrected chi connectivity index (χ3v) is 4.51. The molecule has 9 heteroatoms. The third kappa shape index (κ3) is 3.38. The Labute approximate surface area is 166 Å². The Balaban J connectivity index is 1.64. The fourth-order valence-corrected chi connectivity index (χ4v) is 3.13. The van der Waals surface area contributed by atoms with E-state index in [4.69, 9.17) is 14.0 Å². The molecule has 0 aliphatic rings. The first-order chi connectivity index (χ1) is 14.0. The SMILES string of the molecule is COc1ccc(-c2cc(NC(=O)c3cc(C)nc4onc(C)c34)n[nH]2)c(OC)c1. The molecular formula is C20H19N5O4. The molecule has 0 aliphatic heterocycles. The molecule has 0 saturated carbocycles. The molecule has 0 radical (unpaired) electrons. The summed E-state index contributed by atoms with van der Waals surface area (Å²) in [7, 11) is 3.17. The average Bonchev–Trinajstić information content (AvgIpc) is 3.33. The summed E-state index contributed by atoms with van der Waals surface area (Å²) in [6.07, 6.45) is 0. The Morgan fingerprint density at radius 2 is 1.97 bits per heavy atom.